The molecule has 11 nitrogen and oxygen atoms in total. The lowest BCUT2D eigenvalue weighted by molar-refractivity contribution is -0.385. The van der Waals surface area contributed by atoms with Gasteiger partial charge in [-0.2, -0.15) is 0 Å². The molecule has 0 aliphatic heterocycles. The van der Waals surface area contributed by atoms with Crippen molar-refractivity contribution >= 4 is 40.3 Å². The van der Waals surface area contributed by atoms with Gasteiger partial charge in [0.05, 0.1) is 24.1 Å². The Morgan fingerprint density at radius 1 is 0.964 bits per heavy atom. The van der Waals surface area contributed by atoms with Gasteiger partial charge in [0.15, 0.2) is 16.6 Å². The highest BCUT2D eigenvalue weighted by Crippen LogP contribution is 2.30. The lowest BCUT2D eigenvalue weighted by atomic mass is 10.1. The summed E-state index contributed by atoms with van der Waals surface area (Å²) in [7, 11) is 2.57. The van der Waals surface area contributed by atoms with Gasteiger partial charge in [-0.25, -0.2) is 0 Å². The minimum atomic E-state index is -0.703. The van der Waals surface area contributed by atoms with E-state index in [1.807, 2.05) is 0 Å². The Bertz CT molecular complexity index is 964. The first-order valence-electron chi connectivity index (χ1n) is 7.54. The maximum atomic E-state index is 12.3. The van der Waals surface area contributed by atoms with Gasteiger partial charge in [0.25, 0.3) is 5.91 Å². The number of rotatable bonds is 6. The van der Waals surface area contributed by atoms with Crippen molar-refractivity contribution in [2.45, 2.75) is 0 Å². The van der Waals surface area contributed by atoms with Crippen molar-refractivity contribution in [1.29, 1.82) is 0 Å². The molecule has 0 heterocycles. The lowest BCUT2D eigenvalue weighted by Crippen LogP contribution is -2.34. The lowest BCUT2D eigenvalue weighted by Gasteiger charge is -2.11. The van der Waals surface area contributed by atoms with E-state index < -0.39 is 15.8 Å². The molecule has 0 aliphatic rings. The molecule has 146 valence electrons. The van der Waals surface area contributed by atoms with Crippen LogP contribution in [-0.2, 0) is 0 Å². The van der Waals surface area contributed by atoms with Gasteiger partial charge in [0.2, 0.25) is 0 Å². The average Bonchev–Trinajstić information content (AvgIpc) is 2.67. The molecule has 0 spiro atoms. The zero-order chi connectivity index (χ0) is 20.8. The van der Waals surface area contributed by atoms with Crippen LogP contribution in [0.15, 0.2) is 36.4 Å². The molecule has 0 aromatic heterocycles. The molecule has 0 bridgehead atoms. The number of ether oxygens (including phenoxy) is 2. The van der Waals surface area contributed by atoms with Crippen LogP contribution in [0.2, 0.25) is 0 Å². The van der Waals surface area contributed by atoms with Gasteiger partial charge >= 0.3 is 11.4 Å². The third-order valence-corrected chi connectivity index (χ3v) is 3.70. The number of anilines is 1. The number of nitro benzene ring substituents is 2. The van der Waals surface area contributed by atoms with Crippen molar-refractivity contribution in [3.63, 3.8) is 0 Å². The average molecular weight is 406 g/mol. The minimum absolute atomic E-state index is 0.00722. The van der Waals surface area contributed by atoms with Gasteiger partial charge in [0.1, 0.15) is 0 Å². The van der Waals surface area contributed by atoms with Crippen LogP contribution in [0.4, 0.5) is 17.1 Å². The molecular weight excluding hydrogens is 392 g/mol. The summed E-state index contributed by atoms with van der Waals surface area (Å²) in [5, 5.41) is 26.9. The molecule has 0 aliphatic carbocycles. The molecule has 0 unspecified atom stereocenters. The first-order chi connectivity index (χ1) is 13.3. The molecule has 0 saturated carbocycles. The van der Waals surface area contributed by atoms with Crippen molar-refractivity contribution < 1.29 is 24.1 Å². The van der Waals surface area contributed by atoms with Crippen LogP contribution in [0.1, 0.15) is 10.4 Å². The van der Waals surface area contributed by atoms with Crippen molar-refractivity contribution in [1.82, 2.24) is 5.32 Å². The maximum absolute atomic E-state index is 12.3. The highest BCUT2D eigenvalue weighted by atomic mass is 32.1. The molecule has 12 heteroatoms. The Labute approximate surface area is 163 Å². The Morgan fingerprint density at radius 2 is 1.50 bits per heavy atom. The minimum Gasteiger partial charge on any atom is -0.490 e. The number of thiocarbonyl (C=S) groups is 1. The topological polar surface area (TPSA) is 146 Å². The van der Waals surface area contributed by atoms with Gasteiger partial charge < -0.3 is 14.8 Å². The molecule has 2 rings (SSSR count). The summed E-state index contributed by atoms with van der Waals surface area (Å²) in [4.78, 5) is 33.1. The monoisotopic (exact) mass is 406 g/mol. The van der Waals surface area contributed by atoms with Crippen LogP contribution in [0, 0.1) is 20.2 Å². The number of carbonyl (C=O) groups is 1. The van der Waals surface area contributed by atoms with Gasteiger partial charge in [0, 0.05) is 23.4 Å². The molecule has 2 N–H and O–H groups in total. The van der Waals surface area contributed by atoms with E-state index in [1.54, 1.807) is 0 Å². The number of methoxy groups -OCH3 is 2. The SMILES string of the molecule is COc1ccc(NC(=S)NC(=O)c2ccc(OC)c([N+](=O)[O-])c2)cc1[N+](=O)[O-]. The Balaban J connectivity index is 2.14. The van der Waals surface area contributed by atoms with Crippen molar-refractivity contribution in [2.24, 2.45) is 0 Å². The normalized spacial score (nSPS) is 9.93. The van der Waals surface area contributed by atoms with E-state index in [-0.39, 0.29) is 39.2 Å². The molecule has 1 amide bonds. The molecule has 28 heavy (non-hydrogen) atoms. The van der Waals surface area contributed by atoms with Crippen LogP contribution in [-0.4, -0.2) is 35.1 Å². The largest absolute Gasteiger partial charge is 0.490 e. The number of benzene rings is 2. The first kappa shape index (κ1) is 20.5. The van der Waals surface area contributed by atoms with Gasteiger partial charge in [-0.05, 0) is 36.5 Å². The van der Waals surface area contributed by atoms with Gasteiger partial charge in [-0.3, -0.25) is 30.3 Å². The number of nitrogens with zero attached hydrogens (tertiary/aromatic N) is 2. The Hall–Kier alpha value is -3.80. The molecule has 0 radical (unpaired) electrons. The number of carbonyl (C=O) groups excluding carboxylic acids is 1. The van der Waals surface area contributed by atoms with Crippen LogP contribution < -0.4 is 20.1 Å². The zero-order valence-corrected chi connectivity index (χ0v) is 15.4. The van der Waals surface area contributed by atoms with Crippen LogP contribution in [0.5, 0.6) is 11.5 Å². The van der Waals surface area contributed by atoms with Gasteiger partial charge in [-0.1, -0.05) is 0 Å². The highest BCUT2D eigenvalue weighted by molar-refractivity contribution is 7.80. The molecule has 0 atom stereocenters. The number of hydrogen-bond donors (Lipinski definition) is 2. The number of amides is 1. The summed E-state index contributed by atoms with van der Waals surface area (Å²) in [5.74, 6) is -0.630. The third kappa shape index (κ3) is 4.67. The predicted molar refractivity (Wildman–Crippen MR) is 103 cm³/mol. The van der Waals surface area contributed by atoms with E-state index in [0.717, 1.165) is 6.07 Å². The first-order valence-corrected chi connectivity index (χ1v) is 7.94. The fourth-order valence-electron chi connectivity index (χ4n) is 2.22. The van der Waals surface area contributed by atoms with E-state index in [2.05, 4.69) is 10.6 Å². The molecule has 0 fully saturated rings. The van der Waals surface area contributed by atoms with Crippen LogP contribution in [0.25, 0.3) is 0 Å². The second-order valence-corrected chi connectivity index (χ2v) is 5.60. The number of nitro groups is 2. The van der Waals surface area contributed by atoms with Crippen molar-refractivity contribution in [3.8, 4) is 11.5 Å². The van der Waals surface area contributed by atoms with Crippen molar-refractivity contribution in [2.75, 3.05) is 19.5 Å². The Kier molecular flexibility index (Phi) is 6.39. The summed E-state index contributed by atoms with van der Waals surface area (Å²) < 4.78 is 9.78. The summed E-state index contributed by atoms with van der Waals surface area (Å²) in [6.45, 7) is 0. The standard InChI is InChI=1S/C16H14N4O7S/c1-26-13-5-3-9(7-11(13)19(22)23)15(21)18-16(28)17-10-4-6-14(27-2)12(8-10)20(24)25/h3-8H,1-2H3,(H2,17,18,21,28). The van der Waals surface area contributed by atoms with E-state index in [1.165, 1.54) is 44.6 Å². The fourth-order valence-corrected chi connectivity index (χ4v) is 2.43. The van der Waals surface area contributed by atoms with E-state index in [9.17, 15) is 25.0 Å². The fraction of sp³-hybridized carbons (Fsp3) is 0.125. The second-order valence-electron chi connectivity index (χ2n) is 5.20. The Morgan fingerprint density at radius 3 is 2.04 bits per heavy atom. The second kappa shape index (κ2) is 8.73. The van der Waals surface area contributed by atoms with Crippen LogP contribution in [0.3, 0.4) is 0 Å². The van der Waals surface area contributed by atoms with Crippen LogP contribution >= 0.6 is 12.2 Å². The highest BCUT2D eigenvalue weighted by Gasteiger charge is 2.19. The summed E-state index contributed by atoms with van der Waals surface area (Å²) >= 11 is 5.01. The quantitative estimate of drug-likeness (QED) is 0.420. The maximum Gasteiger partial charge on any atom is 0.312 e. The van der Waals surface area contributed by atoms with E-state index >= 15 is 0 Å². The number of hydrogen-bond acceptors (Lipinski definition) is 8. The summed E-state index contributed by atoms with van der Waals surface area (Å²) in [6.07, 6.45) is 0. The molecular formula is C16H14N4O7S. The third-order valence-electron chi connectivity index (χ3n) is 3.50. The molecule has 2 aromatic rings. The summed E-state index contributed by atoms with van der Waals surface area (Å²) in [5.41, 5.74) is -0.428. The zero-order valence-electron chi connectivity index (χ0n) is 14.6. The van der Waals surface area contributed by atoms with Gasteiger partial charge in [-0.15, -0.1) is 0 Å². The number of nitrogens with one attached hydrogen (secondary N) is 2. The van der Waals surface area contributed by atoms with Crippen molar-refractivity contribution in [3.05, 3.63) is 62.2 Å². The smallest absolute Gasteiger partial charge is 0.312 e. The van der Waals surface area contributed by atoms with E-state index in [0.29, 0.717) is 0 Å². The predicted octanol–water partition coefficient (Wildman–Crippen LogP) is 2.65. The van der Waals surface area contributed by atoms with E-state index in [4.69, 9.17) is 21.7 Å². The summed E-state index contributed by atoms with van der Waals surface area (Å²) in [6, 6.07) is 7.71. The molecule has 0 saturated heterocycles. The molecule has 2 aromatic carbocycles.